The van der Waals surface area contributed by atoms with E-state index >= 15 is 0 Å². The Morgan fingerprint density at radius 2 is 1.89 bits per heavy atom. The lowest BCUT2D eigenvalue weighted by molar-refractivity contribution is 0.414. The number of aryl methyl sites for hydroxylation is 2. The molecule has 3 heterocycles. The summed E-state index contributed by atoms with van der Waals surface area (Å²) in [5.41, 5.74) is 7.02. The van der Waals surface area contributed by atoms with Crippen molar-refractivity contribution in [3.8, 4) is 16.9 Å². The fourth-order valence-electron chi connectivity index (χ4n) is 4.96. The summed E-state index contributed by atoms with van der Waals surface area (Å²) in [4.78, 5) is 0.755. The first kappa shape index (κ1) is 23.9. The highest BCUT2D eigenvalue weighted by atomic mass is 35.5. The lowest BCUT2D eigenvalue weighted by Gasteiger charge is -2.11. The maximum Gasteiger partial charge on any atom is 0.140 e. The SMILES string of the molecule is CCCCNC(=S)c1c(-c2ccc(Cl)cc2)c2c3n(c(Cc4ccc(OC)cc4)nn13)CCCC2. The number of rotatable bonds is 8. The van der Waals surface area contributed by atoms with E-state index in [4.69, 9.17) is 33.7 Å². The van der Waals surface area contributed by atoms with E-state index < -0.39 is 0 Å². The van der Waals surface area contributed by atoms with Gasteiger partial charge in [-0.1, -0.05) is 61.4 Å². The number of hydrogen-bond donors (Lipinski definition) is 1. The second kappa shape index (κ2) is 10.4. The van der Waals surface area contributed by atoms with Gasteiger partial charge in [-0.2, -0.15) is 5.10 Å². The molecule has 2 aromatic heterocycles. The Balaban J connectivity index is 1.66. The van der Waals surface area contributed by atoms with Gasteiger partial charge in [0, 0.05) is 35.7 Å². The molecule has 5 rings (SSSR count). The van der Waals surface area contributed by atoms with Crippen LogP contribution in [0.3, 0.4) is 0 Å². The van der Waals surface area contributed by atoms with Crippen molar-refractivity contribution in [3.63, 3.8) is 0 Å². The number of nitrogens with zero attached hydrogens (tertiary/aromatic N) is 3. The predicted molar refractivity (Wildman–Crippen MR) is 147 cm³/mol. The number of thiocarbonyl (C=S) groups is 1. The average Bonchev–Trinajstić information content (AvgIpc) is 3.26. The molecule has 1 aliphatic heterocycles. The zero-order chi connectivity index (χ0) is 24.4. The third-order valence-corrected chi connectivity index (χ3v) is 7.34. The molecule has 0 atom stereocenters. The monoisotopic (exact) mass is 506 g/mol. The molecule has 0 fully saturated rings. The summed E-state index contributed by atoms with van der Waals surface area (Å²) in [5, 5.41) is 9.41. The first-order valence-electron chi connectivity index (χ1n) is 12.4. The van der Waals surface area contributed by atoms with E-state index in [9.17, 15) is 0 Å². The summed E-state index contributed by atoms with van der Waals surface area (Å²) in [6, 6.07) is 16.4. The second-order valence-electron chi connectivity index (χ2n) is 9.10. The molecule has 0 saturated carbocycles. The summed E-state index contributed by atoms with van der Waals surface area (Å²) in [7, 11) is 1.69. The van der Waals surface area contributed by atoms with E-state index in [0.717, 1.165) is 84.5 Å². The molecule has 0 spiro atoms. The zero-order valence-corrected chi connectivity index (χ0v) is 21.9. The van der Waals surface area contributed by atoms with Crippen molar-refractivity contribution in [1.29, 1.82) is 0 Å². The summed E-state index contributed by atoms with van der Waals surface area (Å²) < 4.78 is 9.84. The van der Waals surface area contributed by atoms with Gasteiger partial charge >= 0.3 is 0 Å². The van der Waals surface area contributed by atoms with Crippen LogP contribution in [0.4, 0.5) is 0 Å². The van der Waals surface area contributed by atoms with Crippen molar-refractivity contribution in [2.75, 3.05) is 13.7 Å². The lowest BCUT2D eigenvalue weighted by Crippen LogP contribution is -2.25. The third-order valence-electron chi connectivity index (χ3n) is 6.75. The number of aromatic nitrogens is 3. The molecule has 1 aliphatic rings. The van der Waals surface area contributed by atoms with Crippen molar-refractivity contribution in [3.05, 3.63) is 76.2 Å². The maximum absolute atomic E-state index is 6.23. The Morgan fingerprint density at radius 1 is 1.11 bits per heavy atom. The highest BCUT2D eigenvalue weighted by Crippen LogP contribution is 2.37. The minimum absolute atomic E-state index is 0.734. The number of halogens is 1. The standard InChI is InChI=1S/C28H31ClN4OS/c1-3-4-16-30-27(35)26-25(20-10-12-21(29)13-11-20)23-7-5-6-17-32-24(31-33(26)28(23)32)18-19-8-14-22(34-2)15-9-19/h8-15H,3-7,16-18H2,1-2H3,(H,30,35). The summed E-state index contributed by atoms with van der Waals surface area (Å²) in [5.74, 6) is 1.93. The smallest absolute Gasteiger partial charge is 0.140 e. The quantitative estimate of drug-likeness (QED) is 0.220. The van der Waals surface area contributed by atoms with Crippen LogP contribution in [-0.2, 0) is 19.4 Å². The Hall–Kier alpha value is -2.83. The van der Waals surface area contributed by atoms with Crippen LogP contribution in [0.25, 0.3) is 16.8 Å². The second-order valence-corrected chi connectivity index (χ2v) is 9.95. The Labute approximate surface area is 217 Å². The molecule has 0 unspecified atom stereocenters. The lowest BCUT2D eigenvalue weighted by atomic mass is 9.98. The van der Waals surface area contributed by atoms with E-state index in [-0.39, 0.29) is 0 Å². The molecule has 35 heavy (non-hydrogen) atoms. The van der Waals surface area contributed by atoms with Crippen LogP contribution in [0.15, 0.2) is 48.5 Å². The summed E-state index contributed by atoms with van der Waals surface area (Å²) in [6.45, 7) is 4.01. The molecular weight excluding hydrogens is 476 g/mol. The van der Waals surface area contributed by atoms with Gasteiger partial charge in [-0.25, -0.2) is 4.52 Å². The van der Waals surface area contributed by atoms with Crippen LogP contribution in [0, 0.1) is 0 Å². The van der Waals surface area contributed by atoms with E-state index in [2.05, 4.69) is 45.6 Å². The molecule has 0 radical (unpaired) electrons. The minimum atomic E-state index is 0.734. The molecule has 4 aromatic rings. The fourth-order valence-corrected chi connectivity index (χ4v) is 5.38. The molecule has 0 amide bonds. The number of unbranched alkanes of at least 4 members (excludes halogenated alkanes) is 1. The van der Waals surface area contributed by atoms with Crippen LogP contribution < -0.4 is 10.1 Å². The maximum atomic E-state index is 6.23. The fraction of sp³-hybridized carbons (Fsp3) is 0.357. The van der Waals surface area contributed by atoms with Crippen molar-refractivity contribution in [2.45, 2.75) is 52.0 Å². The van der Waals surface area contributed by atoms with E-state index in [1.54, 1.807) is 7.11 Å². The van der Waals surface area contributed by atoms with E-state index in [1.165, 1.54) is 22.3 Å². The van der Waals surface area contributed by atoms with Crippen molar-refractivity contribution >= 4 is 34.5 Å². The Morgan fingerprint density at radius 3 is 2.60 bits per heavy atom. The molecular formula is C28H31ClN4OS. The van der Waals surface area contributed by atoms with Gasteiger partial charge in [0.25, 0.3) is 0 Å². The van der Waals surface area contributed by atoms with Gasteiger partial charge in [0.05, 0.1) is 7.11 Å². The van der Waals surface area contributed by atoms with Crippen LogP contribution in [0.1, 0.15) is 55.3 Å². The van der Waals surface area contributed by atoms with Crippen LogP contribution in [0.5, 0.6) is 5.75 Å². The van der Waals surface area contributed by atoms with Gasteiger partial charge in [0.15, 0.2) is 0 Å². The average molecular weight is 507 g/mol. The van der Waals surface area contributed by atoms with Crippen LogP contribution >= 0.6 is 23.8 Å². The highest BCUT2D eigenvalue weighted by molar-refractivity contribution is 7.80. The molecule has 0 aliphatic carbocycles. The molecule has 5 nitrogen and oxygen atoms in total. The van der Waals surface area contributed by atoms with Crippen molar-refractivity contribution in [1.82, 2.24) is 19.5 Å². The normalized spacial score (nSPS) is 13.1. The Bertz CT molecular complexity index is 1340. The number of benzene rings is 2. The number of hydrogen-bond acceptors (Lipinski definition) is 3. The molecule has 0 saturated heterocycles. The topological polar surface area (TPSA) is 43.5 Å². The molecule has 7 heteroatoms. The highest BCUT2D eigenvalue weighted by Gasteiger charge is 2.29. The van der Waals surface area contributed by atoms with Gasteiger partial charge in [-0.3, -0.25) is 0 Å². The third kappa shape index (κ3) is 4.69. The van der Waals surface area contributed by atoms with Crippen molar-refractivity contribution in [2.24, 2.45) is 0 Å². The molecule has 1 N–H and O–H groups in total. The molecule has 182 valence electrons. The van der Waals surface area contributed by atoms with Gasteiger partial charge < -0.3 is 14.6 Å². The largest absolute Gasteiger partial charge is 0.497 e. The number of nitrogens with one attached hydrogen (secondary N) is 1. The predicted octanol–water partition coefficient (Wildman–Crippen LogP) is 6.46. The van der Waals surface area contributed by atoms with Gasteiger partial charge in [-0.15, -0.1) is 0 Å². The van der Waals surface area contributed by atoms with Crippen LogP contribution in [-0.4, -0.2) is 32.8 Å². The Kier molecular flexibility index (Phi) is 7.12. The first-order chi connectivity index (χ1) is 17.1. The van der Waals surface area contributed by atoms with Crippen LogP contribution in [0.2, 0.25) is 5.02 Å². The van der Waals surface area contributed by atoms with Gasteiger partial charge in [-0.05, 0) is 61.1 Å². The number of ether oxygens (including phenoxy) is 1. The van der Waals surface area contributed by atoms with E-state index in [1.807, 2.05) is 24.3 Å². The van der Waals surface area contributed by atoms with Crippen molar-refractivity contribution < 1.29 is 4.74 Å². The summed E-state index contributed by atoms with van der Waals surface area (Å²) >= 11 is 12.2. The zero-order valence-electron chi connectivity index (χ0n) is 20.3. The van der Waals surface area contributed by atoms with Gasteiger partial charge in [0.1, 0.15) is 27.9 Å². The summed E-state index contributed by atoms with van der Waals surface area (Å²) in [6.07, 6.45) is 6.23. The van der Waals surface area contributed by atoms with Gasteiger partial charge in [0.2, 0.25) is 0 Å². The minimum Gasteiger partial charge on any atom is -0.497 e. The first-order valence-corrected chi connectivity index (χ1v) is 13.2. The number of methoxy groups -OCH3 is 1. The van der Waals surface area contributed by atoms with E-state index in [0.29, 0.717) is 0 Å². The molecule has 2 aromatic carbocycles. The molecule has 0 bridgehead atoms.